The number of amides is 3. The Morgan fingerprint density at radius 3 is 2.28 bits per heavy atom. The van der Waals surface area contributed by atoms with E-state index >= 15 is 0 Å². The molecule has 3 amide bonds. The van der Waals surface area contributed by atoms with Crippen LogP contribution in [0.2, 0.25) is 0 Å². The van der Waals surface area contributed by atoms with Crippen LogP contribution in [0.1, 0.15) is 60.8 Å². The van der Waals surface area contributed by atoms with Crippen LogP contribution < -0.4 is 10.6 Å². The highest BCUT2D eigenvalue weighted by molar-refractivity contribution is 7.13. The number of aryl methyl sites for hydroxylation is 1. The Bertz CT molecular complexity index is 1790. The van der Waals surface area contributed by atoms with Crippen LogP contribution in [0.25, 0.3) is 16.1 Å². The largest absolute Gasteiger partial charge is 0.339 e. The Morgan fingerprint density at radius 1 is 0.891 bits per heavy atom. The van der Waals surface area contributed by atoms with Gasteiger partial charge in [-0.1, -0.05) is 74.9 Å². The summed E-state index contributed by atoms with van der Waals surface area (Å²) < 4.78 is 1.79. The molecular weight excluding hydrogens is 591 g/mol. The minimum Gasteiger partial charge on any atom is -0.339 e. The number of anilines is 2. The van der Waals surface area contributed by atoms with Crippen molar-refractivity contribution in [3.05, 3.63) is 119 Å². The number of piperidine rings is 1. The number of nitrogens with one attached hydrogen (secondary N) is 2. The molecule has 0 unspecified atom stereocenters. The number of aromatic nitrogens is 2. The van der Waals surface area contributed by atoms with Gasteiger partial charge in [0, 0.05) is 40.7 Å². The average Bonchev–Trinajstić information content (AvgIpc) is 3.74. The third-order valence-corrected chi connectivity index (χ3v) is 9.53. The fourth-order valence-electron chi connectivity index (χ4n) is 5.86. The summed E-state index contributed by atoms with van der Waals surface area (Å²) in [5, 5.41) is 13.0. The van der Waals surface area contributed by atoms with Crippen LogP contribution in [0, 0.1) is 12.8 Å². The molecule has 2 N–H and O–H groups in total. The zero-order valence-corrected chi connectivity index (χ0v) is 27.7. The van der Waals surface area contributed by atoms with Crippen molar-refractivity contribution < 1.29 is 9.59 Å². The summed E-state index contributed by atoms with van der Waals surface area (Å²) in [5.74, 6) is 1.13. The number of thiophene rings is 1. The van der Waals surface area contributed by atoms with Gasteiger partial charge in [-0.05, 0) is 85.0 Å². The molecule has 6 rings (SSSR count). The Balaban J connectivity index is 1.08. The van der Waals surface area contributed by atoms with E-state index in [2.05, 4.69) is 48.9 Å². The molecule has 1 aliphatic heterocycles. The van der Waals surface area contributed by atoms with Crippen molar-refractivity contribution in [1.82, 2.24) is 14.7 Å². The molecule has 1 aliphatic rings. The number of carbonyl (C=O) groups excluding carboxylic acids is 2. The van der Waals surface area contributed by atoms with Gasteiger partial charge < -0.3 is 10.2 Å². The van der Waals surface area contributed by atoms with Gasteiger partial charge in [-0.2, -0.15) is 5.10 Å². The fraction of sp³-hybridized carbons (Fsp3) is 0.289. The van der Waals surface area contributed by atoms with Crippen LogP contribution in [0.4, 0.5) is 16.3 Å². The lowest BCUT2D eigenvalue weighted by Gasteiger charge is -2.32. The van der Waals surface area contributed by atoms with Gasteiger partial charge in [-0.3, -0.25) is 10.1 Å². The van der Waals surface area contributed by atoms with E-state index in [9.17, 15) is 9.59 Å². The minimum absolute atomic E-state index is 0.0920. The number of nitrogens with zero attached hydrogens (tertiary/aromatic N) is 3. The summed E-state index contributed by atoms with van der Waals surface area (Å²) >= 11 is 1.70. The predicted octanol–water partition coefficient (Wildman–Crippen LogP) is 8.95. The topological polar surface area (TPSA) is 79.3 Å². The molecule has 3 aromatic carbocycles. The van der Waals surface area contributed by atoms with Crippen LogP contribution in [-0.4, -0.2) is 39.7 Å². The third-order valence-electron chi connectivity index (χ3n) is 8.61. The molecular formula is C38H41N5O2S. The van der Waals surface area contributed by atoms with Crippen molar-refractivity contribution in [3.8, 4) is 16.1 Å². The van der Waals surface area contributed by atoms with Crippen molar-refractivity contribution in [2.75, 3.05) is 23.7 Å². The maximum atomic E-state index is 13.4. The molecule has 0 atom stereocenters. The molecule has 0 aliphatic carbocycles. The standard InChI is InChI=1S/C38H41N5O2S/c1-26-11-17-31(18-12-26)43-35(25-34(41-43)38(2,3)4)40-37(45)39-32-9-6-5-8-30(32)24-27-19-21-42(22-20-27)36(44)29-15-13-28(14-16-29)33-10-7-23-46-33/h5-18,23,25,27H,19-22,24H2,1-4H3,(H2,39,40,45). The van der Waals surface area contributed by atoms with E-state index in [1.807, 2.05) is 90.7 Å². The summed E-state index contributed by atoms with van der Waals surface area (Å²) in [4.78, 5) is 29.8. The van der Waals surface area contributed by atoms with Crippen molar-refractivity contribution in [2.24, 2.45) is 5.92 Å². The van der Waals surface area contributed by atoms with Gasteiger partial charge in [-0.25, -0.2) is 9.48 Å². The number of para-hydroxylation sites is 1. The van der Waals surface area contributed by atoms with Gasteiger partial charge in [0.05, 0.1) is 11.4 Å². The molecule has 0 radical (unpaired) electrons. The Morgan fingerprint density at radius 2 is 1.61 bits per heavy atom. The second-order valence-electron chi connectivity index (χ2n) is 13.1. The van der Waals surface area contributed by atoms with Crippen LogP contribution in [-0.2, 0) is 11.8 Å². The SMILES string of the molecule is Cc1ccc(-n2nc(C(C)(C)C)cc2NC(=O)Nc2ccccc2CC2CCN(C(=O)c3ccc(-c4cccs4)cc3)CC2)cc1. The summed E-state index contributed by atoms with van der Waals surface area (Å²) in [6.45, 7) is 9.83. The third kappa shape index (κ3) is 7.23. The summed E-state index contributed by atoms with van der Waals surface area (Å²) in [6, 6.07) is 29.8. The zero-order valence-electron chi connectivity index (χ0n) is 26.9. The van der Waals surface area contributed by atoms with Gasteiger partial charge in [0.15, 0.2) is 0 Å². The van der Waals surface area contributed by atoms with E-state index in [-0.39, 0.29) is 17.4 Å². The summed E-state index contributed by atoms with van der Waals surface area (Å²) in [5.41, 5.74) is 6.52. The second kappa shape index (κ2) is 13.3. The highest BCUT2D eigenvalue weighted by Crippen LogP contribution is 2.30. The van der Waals surface area contributed by atoms with E-state index in [1.54, 1.807) is 16.0 Å². The van der Waals surface area contributed by atoms with E-state index in [0.717, 1.165) is 71.7 Å². The number of rotatable bonds is 7. The van der Waals surface area contributed by atoms with Crippen molar-refractivity contribution in [3.63, 3.8) is 0 Å². The molecule has 236 valence electrons. The minimum atomic E-state index is -0.313. The first-order chi connectivity index (χ1) is 22.1. The van der Waals surface area contributed by atoms with Crippen molar-refractivity contribution >= 4 is 34.8 Å². The van der Waals surface area contributed by atoms with Crippen LogP contribution >= 0.6 is 11.3 Å². The van der Waals surface area contributed by atoms with Gasteiger partial charge in [0.25, 0.3) is 5.91 Å². The maximum Gasteiger partial charge on any atom is 0.324 e. The normalized spacial score (nSPS) is 13.9. The van der Waals surface area contributed by atoms with E-state index in [4.69, 9.17) is 5.10 Å². The van der Waals surface area contributed by atoms with Crippen molar-refractivity contribution in [2.45, 2.75) is 52.4 Å². The van der Waals surface area contributed by atoms with Gasteiger partial charge in [-0.15, -0.1) is 11.3 Å². The molecule has 46 heavy (non-hydrogen) atoms. The lowest BCUT2D eigenvalue weighted by atomic mass is 9.89. The van der Waals surface area contributed by atoms with Crippen LogP contribution in [0.15, 0.2) is 96.4 Å². The predicted molar refractivity (Wildman–Crippen MR) is 188 cm³/mol. The average molecular weight is 632 g/mol. The number of likely N-dealkylation sites (tertiary alicyclic amines) is 1. The Labute approximate surface area is 275 Å². The molecule has 0 saturated carbocycles. The number of urea groups is 1. The van der Waals surface area contributed by atoms with Crippen LogP contribution in [0.5, 0.6) is 0 Å². The van der Waals surface area contributed by atoms with E-state index in [0.29, 0.717) is 11.7 Å². The molecule has 0 spiro atoms. The molecule has 0 bridgehead atoms. The monoisotopic (exact) mass is 631 g/mol. The fourth-order valence-corrected chi connectivity index (χ4v) is 6.60. The van der Waals surface area contributed by atoms with Gasteiger partial charge >= 0.3 is 6.03 Å². The van der Waals surface area contributed by atoms with Gasteiger partial charge in [0.2, 0.25) is 0 Å². The molecule has 5 aromatic rings. The summed E-state index contributed by atoms with van der Waals surface area (Å²) in [7, 11) is 0. The van der Waals surface area contributed by atoms with E-state index < -0.39 is 0 Å². The Hall–Kier alpha value is -4.69. The quantitative estimate of drug-likeness (QED) is 0.188. The first kappa shape index (κ1) is 31.3. The number of benzene rings is 3. The number of hydrogen-bond acceptors (Lipinski definition) is 4. The molecule has 1 fully saturated rings. The van der Waals surface area contributed by atoms with E-state index in [1.165, 1.54) is 4.88 Å². The molecule has 7 nitrogen and oxygen atoms in total. The zero-order chi connectivity index (χ0) is 32.3. The summed E-state index contributed by atoms with van der Waals surface area (Å²) in [6.07, 6.45) is 2.68. The van der Waals surface area contributed by atoms with Crippen LogP contribution in [0.3, 0.4) is 0 Å². The molecule has 2 aromatic heterocycles. The maximum absolute atomic E-state index is 13.4. The number of carbonyl (C=O) groups is 2. The highest BCUT2D eigenvalue weighted by atomic mass is 32.1. The molecule has 3 heterocycles. The lowest BCUT2D eigenvalue weighted by molar-refractivity contribution is 0.0690. The van der Waals surface area contributed by atoms with Crippen molar-refractivity contribution in [1.29, 1.82) is 0 Å². The second-order valence-corrected chi connectivity index (χ2v) is 14.1. The first-order valence-corrected chi connectivity index (χ1v) is 16.8. The molecule has 8 heteroatoms. The smallest absolute Gasteiger partial charge is 0.324 e. The lowest BCUT2D eigenvalue weighted by Crippen LogP contribution is -2.39. The first-order valence-electron chi connectivity index (χ1n) is 15.9. The van der Waals surface area contributed by atoms with Gasteiger partial charge in [0.1, 0.15) is 5.82 Å². The Kier molecular flexibility index (Phi) is 9.08. The number of hydrogen-bond donors (Lipinski definition) is 2. The highest BCUT2D eigenvalue weighted by Gasteiger charge is 2.25. The molecule has 1 saturated heterocycles.